The van der Waals surface area contributed by atoms with Gasteiger partial charge >= 0.3 is 0 Å². The molecule has 0 aliphatic carbocycles. The summed E-state index contributed by atoms with van der Waals surface area (Å²) in [5, 5.41) is 0.717. The van der Waals surface area contributed by atoms with Gasteiger partial charge in [0.2, 0.25) is 0 Å². The number of imidazole rings is 1. The van der Waals surface area contributed by atoms with Crippen LogP contribution in [0.25, 0.3) is 16.9 Å². The van der Waals surface area contributed by atoms with Gasteiger partial charge in [-0.1, -0.05) is 11.8 Å². The number of thioether (sulfide) groups is 1. The van der Waals surface area contributed by atoms with Crippen LogP contribution in [0, 0.1) is 0 Å². The Kier molecular flexibility index (Phi) is 3.66. The van der Waals surface area contributed by atoms with E-state index in [1.54, 1.807) is 26.7 Å². The molecular weight excluding hydrogens is 288 g/mol. The molecule has 6 nitrogen and oxygen atoms in total. The predicted molar refractivity (Wildman–Crippen MR) is 81.5 cm³/mol. The van der Waals surface area contributed by atoms with Gasteiger partial charge in [0, 0.05) is 18.3 Å². The van der Waals surface area contributed by atoms with Gasteiger partial charge < -0.3 is 9.47 Å². The molecule has 0 spiro atoms. The molecule has 2 aromatic heterocycles. The van der Waals surface area contributed by atoms with Gasteiger partial charge in [-0.25, -0.2) is 15.0 Å². The van der Waals surface area contributed by atoms with Gasteiger partial charge in [0.25, 0.3) is 0 Å². The second kappa shape index (κ2) is 5.61. The molecule has 0 N–H and O–H groups in total. The minimum atomic E-state index is 0.655. The van der Waals surface area contributed by atoms with Crippen LogP contribution in [-0.4, -0.2) is 40.0 Å². The van der Waals surface area contributed by atoms with Crippen molar-refractivity contribution in [2.24, 2.45) is 0 Å². The molecule has 3 aromatic rings. The SMILES string of the molecule is COc1cc2ncn(-c3ccnc(SC)n3)c2cc1OC. The summed E-state index contributed by atoms with van der Waals surface area (Å²) in [5.41, 5.74) is 1.72. The first-order valence-electron chi connectivity index (χ1n) is 6.23. The number of fused-ring (bicyclic) bond motifs is 1. The van der Waals surface area contributed by atoms with Gasteiger partial charge in [-0.05, 0) is 12.3 Å². The van der Waals surface area contributed by atoms with Crippen LogP contribution in [-0.2, 0) is 0 Å². The molecule has 0 amide bonds. The van der Waals surface area contributed by atoms with Crippen molar-refractivity contribution in [2.45, 2.75) is 5.16 Å². The van der Waals surface area contributed by atoms with Gasteiger partial charge in [0.05, 0.1) is 25.3 Å². The van der Waals surface area contributed by atoms with Crippen LogP contribution in [0.15, 0.2) is 35.9 Å². The highest BCUT2D eigenvalue weighted by Gasteiger charge is 2.12. The van der Waals surface area contributed by atoms with Crippen LogP contribution in [0.2, 0.25) is 0 Å². The average molecular weight is 302 g/mol. The summed E-state index contributed by atoms with van der Waals surface area (Å²) in [7, 11) is 3.22. The molecule has 0 saturated carbocycles. The van der Waals surface area contributed by atoms with Gasteiger partial charge in [0.1, 0.15) is 12.1 Å². The second-order valence-corrected chi connectivity index (χ2v) is 4.99. The molecule has 2 heterocycles. The molecule has 0 atom stereocenters. The van der Waals surface area contributed by atoms with E-state index in [2.05, 4.69) is 15.0 Å². The fourth-order valence-corrected chi connectivity index (χ4v) is 2.43. The normalized spacial score (nSPS) is 10.8. The summed E-state index contributed by atoms with van der Waals surface area (Å²) in [6.45, 7) is 0. The first kappa shape index (κ1) is 13.7. The molecule has 0 fully saturated rings. The maximum absolute atomic E-state index is 5.35. The third-order valence-electron chi connectivity index (χ3n) is 3.10. The monoisotopic (exact) mass is 302 g/mol. The molecule has 0 unspecified atom stereocenters. The zero-order chi connectivity index (χ0) is 14.8. The van der Waals surface area contributed by atoms with Gasteiger partial charge in [0.15, 0.2) is 16.7 Å². The lowest BCUT2D eigenvalue weighted by atomic mass is 10.2. The number of ether oxygens (including phenoxy) is 2. The number of rotatable bonds is 4. The van der Waals surface area contributed by atoms with Gasteiger partial charge in [-0.2, -0.15) is 0 Å². The van der Waals surface area contributed by atoms with Crippen LogP contribution in [0.4, 0.5) is 0 Å². The van der Waals surface area contributed by atoms with Crippen molar-refractivity contribution in [3.63, 3.8) is 0 Å². The number of nitrogens with zero attached hydrogens (tertiary/aromatic N) is 4. The van der Waals surface area contributed by atoms with E-state index in [1.165, 1.54) is 11.8 Å². The highest BCUT2D eigenvalue weighted by Crippen LogP contribution is 2.32. The summed E-state index contributed by atoms with van der Waals surface area (Å²) in [5.74, 6) is 2.08. The zero-order valence-corrected chi connectivity index (χ0v) is 12.7. The number of benzene rings is 1. The number of aromatic nitrogens is 4. The van der Waals surface area contributed by atoms with E-state index in [1.807, 2.05) is 29.0 Å². The third kappa shape index (κ3) is 2.40. The van der Waals surface area contributed by atoms with Crippen LogP contribution in [0.1, 0.15) is 0 Å². The fourth-order valence-electron chi connectivity index (χ4n) is 2.08. The smallest absolute Gasteiger partial charge is 0.189 e. The molecule has 0 radical (unpaired) electrons. The van der Waals surface area contributed by atoms with E-state index in [-0.39, 0.29) is 0 Å². The van der Waals surface area contributed by atoms with E-state index in [9.17, 15) is 0 Å². The Hall–Kier alpha value is -2.28. The highest BCUT2D eigenvalue weighted by atomic mass is 32.2. The predicted octanol–water partition coefficient (Wildman–Crippen LogP) is 2.55. The van der Waals surface area contributed by atoms with E-state index < -0.39 is 0 Å². The lowest BCUT2D eigenvalue weighted by Crippen LogP contribution is -1.98. The summed E-state index contributed by atoms with van der Waals surface area (Å²) >= 11 is 1.50. The van der Waals surface area contributed by atoms with Crippen LogP contribution < -0.4 is 9.47 Å². The summed E-state index contributed by atoms with van der Waals surface area (Å²) in [6, 6.07) is 5.58. The van der Waals surface area contributed by atoms with E-state index in [0.29, 0.717) is 11.5 Å². The Morgan fingerprint density at radius 2 is 1.86 bits per heavy atom. The standard InChI is InChI=1S/C14H14N4O2S/c1-19-11-6-9-10(7-12(11)20-2)18(8-16-9)13-4-5-15-14(17-13)21-3/h4-8H,1-3H3. The fraction of sp³-hybridized carbons (Fsp3) is 0.214. The highest BCUT2D eigenvalue weighted by molar-refractivity contribution is 7.98. The largest absolute Gasteiger partial charge is 0.493 e. The van der Waals surface area contributed by atoms with Crippen molar-refractivity contribution in [1.82, 2.24) is 19.5 Å². The maximum atomic E-state index is 5.35. The number of methoxy groups -OCH3 is 2. The summed E-state index contributed by atoms with van der Waals surface area (Å²) in [6.07, 6.45) is 5.41. The quantitative estimate of drug-likeness (QED) is 0.545. The molecule has 1 aromatic carbocycles. The van der Waals surface area contributed by atoms with E-state index in [4.69, 9.17) is 9.47 Å². The molecule has 21 heavy (non-hydrogen) atoms. The van der Waals surface area contributed by atoms with Crippen LogP contribution in [0.5, 0.6) is 11.5 Å². The molecule has 0 aliphatic rings. The minimum Gasteiger partial charge on any atom is -0.493 e. The van der Waals surface area contributed by atoms with Crippen molar-refractivity contribution in [2.75, 3.05) is 20.5 Å². The van der Waals surface area contributed by atoms with Gasteiger partial charge in [-0.15, -0.1) is 0 Å². The van der Waals surface area contributed by atoms with Crippen LogP contribution >= 0.6 is 11.8 Å². The molecule has 3 rings (SSSR count). The summed E-state index contributed by atoms with van der Waals surface area (Å²) < 4.78 is 12.5. The van der Waals surface area contributed by atoms with Gasteiger partial charge in [-0.3, -0.25) is 4.57 Å². The zero-order valence-electron chi connectivity index (χ0n) is 11.9. The Bertz CT molecular complexity index is 788. The average Bonchev–Trinajstić information content (AvgIpc) is 2.96. The van der Waals surface area contributed by atoms with E-state index in [0.717, 1.165) is 22.0 Å². The lowest BCUT2D eigenvalue weighted by molar-refractivity contribution is 0.355. The molecule has 7 heteroatoms. The Labute approximate surface area is 126 Å². The molecule has 0 bridgehead atoms. The third-order valence-corrected chi connectivity index (χ3v) is 3.66. The van der Waals surface area contributed by atoms with Crippen molar-refractivity contribution < 1.29 is 9.47 Å². The lowest BCUT2D eigenvalue weighted by Gasteiger charge is -2.09. The van der Waals surface area contributed by atoms with Crippen molar-refractivity contribution >= 4 is 22.8 Å². The number of hydrogen-bond acceptors (Lipinski definition) is 6. The first-order valence-corrected chi connectivity index (χ1v) is 7.45. The summed E-state index contributed by atoms with van der Waals surface area (Å²) in [4.78, 5) is 13.1. The number of hydrogen-bond donors (Lipinski definition) is 0. The molecule has 0 aliphatic heterocycles. The molecule has 0 saturated heterocycles. The Morgan fingerprint density at radius 3 is 2.57 bits per heavy atom. The second-order valence-electron chi connectivity index (χ2n) is 4.21. The van der Waals surface area contributed by atoms with E-state index >= 15 is 0 Å². The van der Waals surface area contributed by atoms with Crippen molar-refractivity contribution in [3.05, 3.63) is 30.7 Å². The molecule has 108 valence electrons. The van der Waals surface area contributed by atoms with Crippen molar-refractivity contribution in [1.29, 1.82) is 0 Å². The Balaban J connectivity index is 2.19. The first-order chi connectivity index (χ1) is 10.3. The van der Waals surface area contributed by atoms with Crippen molar-refractivity contribution in [3.8, 4) is 17.3 Å². The maximum Gasteiger partial charge on any atom is 0.189 e. The molecular formula is C14H14N4O2S. The Morgan fingerprint density at radius 1 is 1.10 bits per heavy atom. The van der Waals surface area contributed by atoms with Crippen LogP contribution in [0.3, 0.4) is 0 Å². The minimum absolute atomic E-state index is 0.655. The topological polar surface area (TPSA) is 62.1 Å².